The molecule has 8 nitrogen and oxygen atoms in total. The summed E-state index contributed by atoms with van der Waals surface area (Å²) in [6.45, 7) is 2.72. The van der Waals surface area contributed by atoms with Crippen molar-refractivity contribution >= 4 is 16.8 Å². The summed E-state index contributed by atoms with van der Waals surface area (Å²) in [7, 11) is 3.22. The minimum absolute atomic E-state index is 0.0386. The lowest BCUT2D eigenvalue weighted by molar-refractivity contribution is 0.0692. The van der Waals surface area contributed by atoms with Gasteiger partial charge in [-0.3, -0.25) is 9.36 Å². The van der Waals surface area contributed by atoms with Gasteiger partial charge in [-0.2, -0.15) is 14.8 Å². The van der Waals surface area contributed by atoms with Gasteiger partial charge in [-0.25, -0.2) is 18.4 Å². The molecule has 1 aliphatic rings. The third-order valence-corrected chi connectivity index (χ3v) is 6.84. The maximum atomic E-state index is 15.0. The summed E-state index contributed by atoms with van der Waals surface area (Å²) < 4.78 is 46.8. The van der Waals surface area contributed by atoms with Crippen LogP contribution in [-0.4, -0.2) is 56.3 Å². The highest BCUT2D eigenvalue weighted by Gasteiger charge is 2.29. The fourth-order valence-corrected chi connectivity index (χ4v) is 4.85. The number of rotatable bonds is 4. The lowest BCUT2D eigenvalue weighted by Gasteiger charge is -2.32. The number of likely N-dealkylation sites (N-methyl/N-ethyl adjacent to an activating group) is 1. The Morgan fingerprint density at radius 2 is 1.97 bits per heavy atom. The van der Waals surface area contributed by atoms with Gasteiger partial charge in [-0.1, -0.05) is 0 Å². The van der Waals surface area contributed by atoms with Crippen molar-refractivity contribution in [3.05, 3.63) is 64.9 Å². The van der Waals surface area contributed by atoms with Crippen molar-refractivity contribution in [3.8, 4) is 23.1 Å². The summed E-state index contributed by atoms with van der Waals surface area (Å²) in [4.78, 5) is 19.9. The number of amides is 1. The van der Waals surface area contributed by atoms with E-state index < -0.39 is 17.6 Å². The number of piperidine rings is 1. The molecule has 1 saturated heterocycles. The fraction of sp³-hybridized carbons (Fsp3) is 0.308. The number of aryl methyl sites for hydroxylation is 1. The molecule has 0 saturated carbocycles. The Hall–Kier alpha value is -4.17. The lowest BCUT2D eigenvalue weighted by Crippen LogP contribution is -2.47. The Kier molecular flexibility index (Phi) is 6.21. The van der Waals surface area contributed by atoms with Crippen LogP contribution in [0.15, 0.2) is 30.3 Å². The zero-order valence-electron chi connectivity index (χ0n) is 20.5. The molecule has 1 fully saturated rings. The number of likely N-dealkylation sites (tertiary alicyclic amines) is 1. The first kappa shape index (κ1) is 24.5. The van der Waals surface area contributed by atoms with Crippen LogP contribution in [0.1, 0.15) is 34.6 Å². The van der Waals surface area contributed by atoms with Gasteiger partial charge in [0.25, 0.3) is 5.91 Å². The molecule has 1 atom stereocenters. The van der Waals surface area contributed by atoms with Crippen molar-refractivity contribution in [2.45, 2.75) is 25.8 Å². The summed E-state index contributed by atoms with van der Waals surface area (Å²) >= 11 is 0. The van der Waals surface area contributed by atoms with Gasteiger partial charge >= 0.3 is 0 Å². The molecule has 4 aromatic rings. The number of halogens is 3. The number of nitrogens with zero attached hydrogens (tertiary/aromatic N) is 6. The molecule has 0 spiro atoms. The molecule has 1 amide bonds. The van der Waals surface area contributed by atoms with Gasteiger partial charge in [0.2, 0.25) is 5.95 Å². The quantitative estimate of drug-likeness (QED) is 0.453. The molecule has 2 aromatic heterocycles. The minimum Gasteiger partial charge on any atom is -0.336 e. The van der Waals surface area contributed by atoms with E-state index in [2.05, 4.69) is 15.4 Å². The number of hydrogen-bond donors (Lipinski definition) is 1. The van der Waals surface area contributed by atoms with E-state index in [0.29, 0.717) is 18.8 Å². The van der Waals surface area contributed by atoms with Crippen molar-refractivity contribution in [1.82, 2.24) is 29.5 Å². The van der Waals surface area contributed by atoms with Crippen LogP contribution in [0, 0.1) is 35.8 Å². The Bertz CT molecular complexity index is 1580. The number of aromatic nitrogens is 4. The SMILES string of the molecule is CN[C@@H]1CCCN(C(=O)c2nc(-c3ccc(C#N)c(F)c3)n(-c3cc(F)c4nn(C)c(F)c4c3)c2C)C1. The predicted octanol–water partition coefficient (Wildman–Crippen LogP) is 3.85. The Morgan fingerprint density at radius 1 is 1.19 bits per heavy atom. The number of carbonyl (C=O) groups is 1. The van der Waals surface area contributed by atoms with Crippen LogP contribution < -0.4 is 5.32 Å². The Balaban J connectivity index is 1.71. The Morgan fingerprint density at radius 3 is 2.68 bits per heavy atom. The summed E-state index contributed by atoms with van der Waals surface area (Å²) in [5.41, 5.74) is 0.717. The molecule has 1 aliphatic heterocycles. The smallest absolute Gasteiger partial charge is 0.274 e. The van der Waals surface area contributed by atoms with E-state index in [1.54, 1.807) is 17.9 Å². The monoisotopic (exact) mass is 507 g/mol. The van der Waals surface area contributed by atoms with Gasteiger partial charge in [0.1, 0.15) is 28.9 Å². The first-order valence-electron chi connectivity index (χ1n) is 11.8. The van der Waals surface area contributed by atoms with E-state index in [1.807, 2.05) is 7.05 Å². The zero-order chi connectivity index (χ0) is 26.4. The molecule has 11 heteroatoms. The summed E-state index contributed by atoms with van der Waals surface area (Å²) in [5, 5.41) is 16.2. The maximum Gasteiger partial charge on any atom is 0.274 e. The third kappa shape index (κ3) is 4.13. The van der Waals surface area contributed by atoms with Crippen molar-refractivity contribution in [2.75, 3.05) is 20.1 Å². The molecule has 37 heavy (non-hydrogen) atoms. The second-order valence-electron chi connectivity index (χ2n) is 9.13. The molecule has 3 heterocycles. The van der Waals surface area contributed by atoms with Crippen LogP contribution in [0.2, 0.25) is 0 Å². The molecule has 0 bridgehead atoms. The van der Waals surface area contributed by atoms with Crippen LogP contribution in [0.25, 0.3) is 28.0 Å². The van der Waals surface area contributed by atoms with Gasteiger partial charge in [0.15, 0.2) is 5.82 Å². The number of carbonyl (C=O) groups excluding carboxylic acids is 1. The van der Waals surface area contributed by atoms with Crippen LogP contribution >= 0.6 is 0 Å². The molecule has 190 valence electrons. The van der Waals surface area contributed by atoms with Crippen molar-refractivity contribution in [2.24, 2.45) is 7.05 Å². The normalized spacial score (nSPS) is 15.8. The average molecular weight is 508 g/mol. The fourth-order valence-electron chi connectivity index (χ4n) is 4.85. The van der Waals surface area contributed by atoms with E-state index in [1.165, 1.54) is 35.9 Å². The minimum atomic E-state index is -0.757. The lowest BCUT2D eigenvalue weighted by atomic mass is 10.1. The van der Waals surface area contributed by atoms with Gasteiger partial charge in [0, 0.05) is 37.8 Å². The van der Waals surface area contributed by atoms with Gasteiger partial charge < -0.3 is 10.2 Å². The molecule has 1 N–H and O–H groups in total. The number of hydrogen-bond acceptors (Lipinski definition) is 5. The van der Waals surface area contributed by atoms with E-state index in [-0.39, 0.29) is 51.2 Å². The topological polar surface area (TPSA) is 91.8 Å². The molecule has 2 aromatic carbocycles. The average Bonchev–Trinajstić information content (AvgIpc) is 3.39. The number of nitrogens with one attached hydrogen (secondary N) is 1. The summed E-state index contributed by atoms with van der Waals surface area (Å²) in [6.07, 6.45) is 1.77. The van der Waals surface area contributed by atoms with Crippen molar-refractivity contribution in [1.29, 1.82) is 5.26 Å². The van der Waals surface area contributed by atoms with Gasteiger partial charge in [0.05, 0.1) is 22.3 Å². The highest BCUT2D eigenvalue weighted by Crippen LogP contribution is 2.32. The summed E-state index contributed by atoms with van der Waals surface area (Å²) in [5.74, 6) is -2.37. The molecule has 0 unspecified atom stereocenters. The highest BCUT2D eigenvalue weighted by molar-refractivity contribution is 5.95. The number of nitriles is 1. The van der Waals surface area contributed by atoms with Crippen molar-refractivity contribution in [3.63, 3.8) is 0 Å². The van der Waals surface area contributed by atoms with Gasteiger partial charge in [-0.15, -0.1) is 0 Å². The predicted molar refractivity (Wildman–Crippen MR) is 131 cm³/mol. The first-order valence-corrected chi connectivity index (χ1v) is 11.8. The molecule has 0 radical (unpaired) electrons. The van der Waals surface area contributed by atoms with E-state index >= 15 is 4.39 Å². The maximum absolute atomic E-state index is 15.0. The van der Waals surface area contributed by atoms with Crippen LogP contribution in [-0.2, 0) is 7.05 Å². The largest absolute Gasteiger partial charge is 0.336 e. The zero-order valence-corrected chi connectivity index (χ0v) is 20.5. The highest BCUT2D eigenvalue weighted by atomic mass is 19.1. The first-order chi connectivity index (χ1) is 17.7. The number of benzene rings is 2. The van der Waals surface area contributed by atoms with Crippen LogP contribution in [0.5, 0.6) is 0 Å². The van der Waals surface area contributed by atoms with Crippen molar-refractivity contribution < 1.29 is 18.0 Å². The van der Waals surface area contributed by atoms with Gasteiger partial charge in [-0.05, 0) is 51.1 Å². The third-order valence-electron chi connectivity index (χ3n) is 6.84. The second kappa shape index (κ2) is 9.37. The number of imidazole rings is 1. The van der Waals surface area contributed by atoms with Crippen LogP contribution in [0.4, 0.5) is 13.2 Å². The second-order valence-corrected chi connectivity index (χ2v) is 9.13. The van der Waals surface area contributed by atoms with E-state index in [9.17, 15) is 13.6 Å². The van der Waals surface area contributed by atoms with E-state index in [0.717, 1.165) is 23.6 Å². The standard InChI is InChI=1S/C26H24F3N7O/c1-14-22(26(37)35-8-4-5-17(13-35)31-2)32-25(15-6-7-16(12-30)20(27)9-15)36(14)18-10-19-23(21(28)11-18)33-34(3)24(19)29/h6-7,9-11,17,31H,4-5,8,13H2,1-3H3/t17-/m1/s1. The van der Waals surface area contributed by atoms with E-state index in [4.69, 9.17) is 5.26 Å². The number of fused-ring (bicyclic) bond motifs is 1. The molecule has 0 aliphatic carbocycles. The van der Waals surface area contributed by atoms with Crippen LogP contribution in [0.3, 0.4) is 0 Å². The molecule has 5 rings (SSSR count). The molecular formula is C26H24F3N7O. The summed E-state index contributed by atoms with van der Waals surface area (Å²) in [6, 6.07) is 8.49. The Labute approximate surface area is 210 Å². The molecular weight excluding hydrogens is 483 g/mol.